The summed E-state index contributed by atoms with van der Waals surface area (Å²) in [7, 11) is 0. The molecule has 0 spiro atoms. The molecule has 3 rings (SSSR count). The average molecular weight is 483 g/mol. The van der Waals surface area contributed by atoms with Crippen molar-refractivity contribution in [3.8, 4) is 0 Å². The van der Waals surface area contributed by atoms with E-state index >= 15 is 0 Å². The Kier molecular flexibility index (Phi) is 7.33. The number of nitrogens with one attached hydrogen (secondary N) is 2. The number of aromatic nitrogens is 1. The summed E-state index contributed by atoms with van der Waals surface area (Å²) >= 11 is 17.8. The number of carboxylic acids is 1. The molecule has 1 unspecified atom stereocenters. The van der Waals surface area contributed by atoms with Crippen molar-refractivity contribution in [3.05, 3.63) is 86.9 Å². The average Bonchev–Trinajstić information content (AvgIpc) is 2.73. The molecule has 1 heterocycles. The Bertz CT molecular complexity index is 1110. The summed E-state index contributed by atoms with van der Waals surface area (Å²) in [4.78, 5) is 27.9. The zero-order valence-electron chi connectivity index (χ0n) is 15.7. The van der Waals surface area contributed by atoms with Gasteiger partial charge in [0.2, 0.25) is 0 Å². The van der Waals surface area contributed by atoms with Crippen LogP contribution in [0.15, 0.2) is 54.9 Å². The van der Waals surface area contributed by atoms with Crippen LogP contribution in [0.5, 0.6) is 0 Å². The summed E-state index contributed by atoms with van der Waals surface area (Å²) in [6.07, 6.45) is 2.84. The van der Waals surface area contributed by atoms with Crippen molar-refractivity contribution in [1.82, 2.24) is 4.98 Å². The number of amides is 1. The minimum Gasteiger partial charge on any atom is -0.480 e. The van der Waals surface area contributed by atoms with Gasteiger partial charge in [0.15, 0.2) is 0 Å². The van der Waals surface area contributed by atoms with Crippen LogP contribution in [0.4, 0.5) is 15.8 Å². The van der Waals surface area contributed by atoms with Gasteiger partial charge in [-0.3, -0.25) is 9.78 Å². The van der Waals surface area contributed by atoms with E-state index in [9.17, 15) is 19.1 Å². The SMILES string of the molecule is O=C(Nc1c(Cl)cncc1Cl)c1ccc(CC(Nc2ccc(F)c(Cl)c2)C(=O)O)cc1. The maximum absolute atomic E-state index is 13.3. The van der Waals surface area contributed by atoms with Crippen LogP contribution in [-0.4, -0.2) is 28.0 Å². The van der Waals surface area contributed by atoms with Gasteiger partial charge in [0.05, 0.1) is 20.8 Å². The van der Waals surface area contributed by atoms with E-state index in [4.69, 9.17) is 34.8 Å². The number of nitrogens with zero attached hydrogens (tertiary/aromatic N) is 1. The number of hydrogen-bond donors (Lipinski definition) is 3. The highest BCUT2D eigenvalue weighted by Gasteiger charge is 2.19. The van der Waals surface area contributed by atoms with Crippen LogP contribution in [0, 0.1) is 5.82 Å². The quantitative estimate of drug-likeness (QED) is 0.411. The molecular formula is C21H15Cl3FN3O3. The summed E-state index contributed by atoms with van der Waals surface area (Å²) in [6, 6.07) is 9.27. The second kappa shape index (κ2) is 9.96. The predicted molar refractivity (Wildman–Crippen MR) is 119 cm³/mol. The molecule has 10 heteroatoms. The lowest BCUT2D eigenvalue weighted by Gasteiger charge is -2.16. The smallest absolute Gasteiger partial charge is 0.326 e. The third-order valence-corrected chi connectivity index (χ3v) is 5.17. The normalized spacial score (nSPS) is 11.6. The molecule has 0 saturated carbocycles. The zero-order valence-corrected chi connectivity index (χ0v) is 18.0. The van der Waals surface area contributed by atoms with Gasteiger partial charge >= 0.3 is 5.97 Å². The van der Waals surface area contributed by atoms with E-state index in [1.807, 2.05) is 0 Å². The number of pyridine rings is 1. The van der Waals surface area contributed by atoms with Gasteiger partial charge in [-0.25, -0.2) is 9.18 Å². The van der Waals surface area contributed by atoms with Crippen molar-refractivity contribution in [1.29, 1.82) is 0 Å². The Morgan fingerprint density at radius 2 is 1.65 bits per heavy atom. The Labute approximate surface area is 192 Å². The monoisotopic (exact) mass is 481 g/mol. The van der Waals surface area contributed by atoms with Crippen molar-refractivity contribution in [2.24, 2.45) is 0 Å². The van der Waals surface area contributed by atoms with Crippen molar-refractivity contribution >= 4 is 58.1 Å². The number of carbonyl (C=O) groups is 2. The molecule has 0 aliphatic heterocycles. The Morgan fingerprint density at radius 3 is 2.23 bits per heavy atom. The van der Waals surface area contributed by atoms with Gasteiger partial charge in [0.1, 0.15) is 11.9 Å². The van der Waals surface area contributed by atoms with Crippen molar-refractivity contribution in [2.75, 3.05) is 10.6 Å². The van der Waals surface area contributed by atoms with Crippen LogP contribution in [-0.2, 0) is 11.2 Å². The molecule has 6 nitrogen and oxygen atoms in total. The minimum atomic E-state index is -1.09. The Morgan fingerprint density at radius 1 is 1.00 bits per heavy atom. The molecule has 3 aromatic rings. The van der Waals surface area contributed by atoms with Gasteiger partial charge in [-0.15, -0.1) is 0 Å². The number of carboxylic acid groups (broad SMARTS) is 1. The van der Waals surface area contributed by atoms with E-state index in [2.05, 4.69) is 15.6 Å². The van der Waals surface area contributed by atoms with Crippen molar-refractivity contribution in [2.45, 2.75) is 12.5 Å². The molecule has 0 saturated heterocycles. The highest BCUT2D eigenvalue weighted by molar-refractivity contribution is 6.39. The number of aliphatic carboxylic acids is 1. The van der Waals surface area contributed by atoms with Crippen LogP contribution in [0.1, 0.15) is 15.9 Å². The topological polar surface area (TPSA) is 91.3 Å². The van der Waals surface area contributed by atoms with Crippen LogP contribution >= 0.6 is 34.8 Å². The first-order chi connectivity index (χ1) is 14.7. The third kappa shape index (κ3) is 5.85. The standard InChI is InChI=1S/C21H15Cl3FN3O3/c22-14-8-13(5-6-17(14)25)27-18(21(30)31)7-11-1-3-12(4-2-11)20(29)28-19-15(23)9-26-10-16(19)24/h1-6,8-10,18,27H,7H2,(H,30,31)(H,26,28,29). The second-order valence-electron chi connectivity index (χ2n) is 6.50. The van der Waals surface area contributed by atoms with E-state index in [0.717, 1.165) is 6.07 Å². The summed E-state index contributed by atoms with van der Waals surface area (Å²) in [5, 5.41) is 15.2. The van der Waals surface area contributed by atoms with Gasteiger partial charge in [-0.05, 0) is 35.9 Å². The number of anilines is 2. The lowest BCUT2D eigenvalue weighted by atomic mass is 10.0. The zero-order chi connectivity index (χ0) is 22.5. The number of halogens is 4. The first-order valence-electron chi connectivity index (χ1n) is 8.88. The van der Waals surface area contributed by atoms with E-state index < -0.39 is 23.7 Å². The molecule has 0 radical (unpaired) electrons. The molecule has 0 bridgehead atoms. The highest BCUT2D eigenvalue weighted by atomic mass is 35.5. The fraction of sp³-hybridized carbons (Fsp3) is 0.0952. The minimum absolute atomic E-state index is 0.112. The van der Waals surface area contributed by atoms with E-state index in [1.54, 1.807) is 24.3 Å². The van der Waals surface area contributed by atoms with Gasteiger partial charge in [0.25, 0.3) is 5.91 Å². The molecule has 1 atom stereocenters. The van der Waals surface area contributed by atoms with Gasteiger partial charge < -0.3 is 15.7 Å². The fourth-order valence-electron chi connectivity index (χ4n) is 2.73. The molecule has 0 fully saturated rings. The summed E-state index contributed by atoms with van der Waals surface area (Å²) < 4.78 is 13.3. The Balaban J connectivity index is 1.69. The largest absolute Gasteiger partial charge is 0.480 e. The lowest BCUT2D eigenvalue weighted by Crippen LogP contribution is -2.31. The maximum atomic E-state index is 13.3. The van der Waals surface area contributed by atoms with Gasteiger partial charge in [0, 0.05) is 30.1 Å². The third-order valence-electron chi connectivity index (χ3n) is 4.31. The number of carbonyl (C=O) groups excluding carboxylic acids is 1. The van der Waals surface area contributed by atoms with Crippen molar-refractivity contribution in [3.63, 3.8) is 0 Å². The van der Waals surface area contributed by atoms with Gasteiger partial charge in [-0.2, -0.15) is 0 Å². The molecule has 1 amide bonds. The summed E-state index contributed by atoms with van der Waals surface area (Å²) in [5.41, 5.74) is 1.63. The van der Waals surface area contributed by atoms with E-state index in [1.165, 1.54) is 24.5 Å². The fourth-order valence-corrected chi connectivity index (χ4v) is 3.37. The van der Waals surface area contributed by atoms with Crippen LogP contribution in [0.25, 0.3) is 0 Å². The molecule has 2 aromatic carbocycles. The Hall–Kier alpha value is -2.87. The van der Waals surface area contributed by atoms with Crippen LogP contribution in [0.2, 0.25) is 15.1 Å². The molecular weight excluding hydrogens is 468 g/mol. The molecule has 160 valence electrons. The molecule has 0 aliphatic carbocycles. The van der Waals surface area contributed by atoms with E-state index in [0.29, 0.717) is 16.8 Å². The molecule has 3 N–H and O–H groups in total. The number of benzene rings is 2. The van der Waals surface area contributed by atoms with E-state index in [-0.39, 0.29) is 27.2 Å². The summed E-state index contributed by atoms with van der Waals surface area (Å²) in [5.74, 6) is -2.12. The second-order valence-corrected chi connectivity index (χ2v) is 7.72. The summed E-state index contributed by atoms with van der Waals surface area (Å²) in [6.45, 7) is 0. The van der Waals surface area contributed by atoms with Gasteiger partial charge in [-0.1, -0.05) is 46.9 Å². The maximum Gasteiger partial charge on any atom is 0.326 e. The van der Waals surface area contributed by atoms with Crippen molar-refractivity contribution < 1.29 is 19.1 Å². The molecule has 31 heavy (non-hydrogen) atoms. The molecule has 1 aromatic heterocycles. The first kappa shape index (κ1) is 22.8. The molecule has 0 aliphatic rings. The number of hydrogen-bond acceptors (Lipinski definition) is 4. The van der Waals surface area contributed by atoms with Crippen LogP contribution < -0.4 is 10.6 Å². The highest BCUT2D eigenvalue weighted by Crippen LogP contribution is 2.29. The lowest BCUT2D eigenvalue weighted by molar-refractivity contribution is -0.137. The number of rotatable bonds is 7. The van der Waals surface area contributed by atoms with Crippen LogP contribution in [0.3, 0.4) is 0 Å². The predicted octanol–water partition coefficient (Wildman–Crippen LogP) is 5.54. The first-order valence-corrected chi connectivity index (χ1v) is 10.0.